The van der Waals surface area contributed by atoms with Crippen molar-refractivity contribution in [2.24, 2.45) is 0 Å². The van der Waals surface area contributed by atoms with Crippen LogP contribution >= 0.6 is 11.6 Å². The van der Waals surface area contributed by atoms with E-state index in [-0.39, 0.29) is 18.5 Å². The Morgan fingerprint density at radius 1 is 1.15 bits per heavy atom. The number of anilines is 1. The van der Waals surface area contributed by atoms with Gasteiger partial charge >= 0.3 is 13.2 Å². The number of benzene rings is 1. The van der Waals surface area contributed by atoms with Crippen LogP contribution in [0.2, 0.25) is 5.02 Å². The molecule has 2 aliphatic heterocycles. The average molecular weight is 486 g/mol. The highest BCUT2D eigenvalue weighted by atomic mass is 35.5. The van der Waals surface area contributed by atoms with Gasteiger partial charge in [0.15, 0.2) is 5.82 Å². The maximum absolute atomic E-state index is 13.7. The number of amides is 2. The highest BCUT2D eigenvalue weighted by Gasteiger charge is 2.51. The summed E-state index contributed by atoms with van der Waals surface area (Å²) < 4.78 is 12.2. The second-order valence-electron chi connectivity index (χ2n) is 9.72. The maximum Gasteiger partial charge on any atom is 0.494 e. The first-order valence-electron chi connectivity index (χ1n) is 11.4. The third kappa shape index (κ3) is 4.65. The number of nitrogens with zero attached hydrogens (tertiary/aromatic N) is 3. The van der Waals surface area contributed by atoms with E-state index < -0.39 is 24.4 Å². The summed E-state index contributed by atoms with van der Waals surface area (Å²) in [4.78, 5) is 32.5. The minimum Gasteiger partial charge on any atom is -0.465 e. The number of hydrogen-bond donors (Lipinski definition) is 1. The number of likely N-dealkylation sites (tertiary alicyclic amines) is 1. The fraction of sp³-hybridized carbons (Fsp3) is 0.458. The van der Waals surface area contributed by atoms with E-state index in [4.69, 9.17) is 20.9 Å². The van der Waals surface area contributed by atoms with Crippen LogP contribution in [0.25, 0.3) is 0 Å². The quantitative estimate of drug-likeness (QED) is 0.662. The number of pyridine rings is 1. The van der Waals surface area contributed by atoms with Gasteiger partial charge < -0.3 is 19.3 Å². The molecule has 0 radical (unpaired) electrons. The van der Waals surface area contributed by atoms with Crippen LogP contribution in [0.1, 0.15) is 50.9 Å². The van der Waals surface area contributed by atoms with Gasteiger partial charge in [-0.25, -0.2) is 9.78 Å². The lowest BCUT2D eigenvalue weighted by atomic mass is 9.79. The van der Waals surface area contributed by atoms with Crippen LogP contribution in [-0.2, 0) is 9.31 Å². The third-order valence-corrected chi connectivity index (χ3v) is 7.20. The van der Waals surface area contributed by atoms with Gasteiger partial charge in [-0.05, 0) is 70.3 Å². The number of carbonyl (C=O) groups excluding carboxylic acids is 1. The molecule has 4 rings (SSSR count). The molecule has 1 atom stereocenters. The van der Waals surface area contributed by atoms with Gasteiger partial charge in [0, 0.05) is 24.8 Å². The molecule has 2 saturated heterocycles. The minimum atomic E-state index is -1.00. The summed E-state index contributed by atoms with van der Waals surface area (Å²) in [5.74, 6) is 0.0275. The number of piperidine rings is 1. The van der Waals surface area contributed by atoms with Crippen LogP contribution in [0, 0.1) is 0 Å². The Morgan fingerprint density at radius 2 is 1.79 bits per heavy atom. The fourth-order valence-electron chi connectivity index (χ4n) is 4.23. The molecule has 2 amide bonds. The van der Waals surface area contributed by atoms with Crippen LogP contribution < -0.4 is 10.4 Å². The second-order valence-corrected chi connectivity index (χ2v) is 10.1. The molecule has 2 aliphatic rings. The third-order valence-electron chi connectivity index (χ3n) is 6.90. The van der Waals surface area contributed by atoms with E-state index in [0.29, 0.717) is 35.8 Å². The molecule has 0 saturated carbocycles. The Hall–Kier alpha value is -2.62. The maximum atomic E-state index is 13.7. The van der Waals surface area contributed by atoms with E-state index in [1.165, 1.54) is 9.80 Å². The Labute approximate surface area is 205 Å². The van der Waals surface area contributed by atoms with E-state index in [1.54, 1.807) is 30.5 Å². The number of hydrogen-bond acceptors (Lipinski definition) is 5. The molecule has 180 valence electrons. The normalized spacial score (nSPS) is 21.4. The Kier molecular flexibility index (Phi) is 6.64. The smallest absolute Gasteiger partial charge is 0.465 e. The molecule has 1 aromatic carbocycles. The largest absolute Gasteiger partial charge is 0.494 e. The zero-order valence-electron chi connectivity index (χ0n) is 19.8. The summed E-state index contributed by atoms with van der Waals surface area (Å²) in [7, 11) is -0.530. The Bertz CT molecular complexity index is 1060. The standard InChI is InChI=1S/C24H29BClN3O5/c1-23(2)24(3,4)34-25(33-23)17-11-9-16(10-12-17)21(30)29(20-19(26)8-5-13-27-20)18-7-6-14-28(15-18)22(31)32/h5,8-13,18H,6-7,14-15H2,1-4H3,(H,31,32)/t18-/m1/s1. The summed E-state index contributed by atoms with van der Waals surface area (Å²) >= 11 is 6.41. The van der Waals surface area contributed by atoms with Gasteiger partial charge in [0.05, 0.1) is 22.3 Å². The number of halogens is 1. The molecule has 0 aliphatic carbocycles. The SMILES string of the molecule is CC1(C)OB(c2ccc(C(=O)N(c3ncccc3Cl)[C@@H]3CCCN(C(=O)O)C3)cc2)OC1(C)C. The summed E-state index contributed by atoms with van der Waals surface area (Å²) in [6.07, 6.45) is 1.86. The van der Waals surface area contributed by atoms with E-state index in [0.717, 1.165) is 5.46 Å². The Morgan fingerprint density at radius 3 is 2.38 bits per heavy atom. The predicted molar refractivity (Wildman–Crippen MR) is 131 cm³/mol. The van der Waals surface area contributed by atoms with Crippen molar-refractivity contribution >= 4 is 42.0 Å². The van der Waals surface area contributed by atoms with E-state index >= 15 is 0 Å². The van der Waals surface area contributed by atoms with Crippen molar-refractivity contribution in [3.8, 4) is 0 Å². The summed E-state index contributed by atoms with van der Waals surface area (Å²) in [6.45, 7) is 8.59. The molecule has 10 heteroatoms. The van der Waals surface area contributed by atoms with Crippen molar-refractivity contribution in [3.05, 3.63) is 53.2 Å². The van der Waals surface area contributed by atoms with Crippen LogP contribution in [0.5, 0.6) is 0 Å². The molecule has 0 unspecified atom stereocenters. The summed E-state index contributed by atoms with van der Waals surface area (Å²) in [6, 6.07) is 10.1. The van der Waals surface area contributed by atoms with Gasteiger partial charge in [-0.2, -0.15) is 0 Å². The summed E-state index contributed by atoms with van der Waals surface area (Å²) in [5.41, 5.74) is 0.326. The Balaban J connectivity index is 1.62. The highest BCUT2D eigenvalue weighted by Crippen LogP contribution is 2.36. The van der Waals surface area contributed by atoms with Crippen molar-refractivity contribution in [1.82, 2.24) is 9.88 Å². The molecule has 34 heavy (non-hydrogen) atoms. The number of aromatic nitrogens is 1. The molecular weight excluding hydrogens is 457 g/mol. The van der Waals surface area contributed by atoms with Crippen molar-refractivity contribution < 1.29 is 24.0 Å². The van der Waals surface area contributed by atoms with E-state index in [9.17, 15) is 14.7 Å². The summed E-state index contributed by atoms with van der Waals surface area (Å²) in [5, 5.41) is 9.81. The molecule has 1 aromatic heterocycles. The second kappa shape index (κ2) is 9.21. The lowest BCUT2D eigenvalue weighted by Gasteiger charge is -2.38. The van der Waals surface area contributed by atoms with E-state index in [2.05, 4.69) is 4.98 Å². The van der Waals surface area contributed by atoms with Crippen LogP contribution in [0.3, 0.4) is 0 Å². The predicted octanol–water partition coefficient (Wildman–Crippen LogP) is 3.82. The van der Waals surface area contributed by atoms with Crippen LogP contribution in [-0.4, -0.2) is 64.4 Å². The van der Waals surface area contributed by atoms with Gasteiger partial charge in [-0.15, -0.1) is 0 Å². The first kappa shape index (κ1) is 24.5. The molecule has 2 fully saturated rings. The minimum absolute atomic E-state index is 0.194. The zero-order valence-corrected chi connectivity index (χ0v) is 20.6. The number of carboxylic acid groups (broad SMARTS) is 1. The number of carbonyl (C=O) groups is 2. The topological polar surface area (TPSA) is 92.2 Å². The zero-order chi connectivity index (χ0) is 24.7. The molecule has 0 bridgehead atoms. The fourth-order valence-corrected chi connectivity index (χ4v) is 4.44. The van der Waals surface area contributed by atoms with Crippen molar-refractivity contribution in [2.45, 2.75) is 57.8 Å². The van der Waals surface area contributed by atoms with Gasteiger partial charge in [-0.1, -0.05) is 23.7 Å². The van der Waals surface area contributed by atoms with Gasteiger partial charge in [-0.3, -0.25) is 9.69 Å². The lowest BCUT2D eigenvalue weighted by Crippen LogP contribution is -2.52. The van der Waals surface area contributed by atoms with Crippen molar-refractivity contribution in [2.75, 3.05) is 18.0 Å². The van der Waals surface area contributed by atoms with Crippen LogP contribution in [0.4, 0.5) is 10.6 Å². The van der Waals surface area contributed by atoms with Gasteiger partial charge in [0.2, 0.25) is 0 Å². The number of rotatable bonds is 4. The molecular formula is C24H29BClN3O5. The van der Waals surface area contributed by atoms with E-state index in [1.807, 2.05) is 39.8 Å². The van der Waals surface area contributed by atoms with Crippen molar-refractivity contribution in [1.29, 1.82) is 0 Å². The molecule has 3 heterocycles. The molecule has 8 nitrogen and oxygen atoms in total. The highest BCUT2D eigenvalue weighted by molar-refractivity contribution is 6.62. The van der Waals surface area contributed by atoms with Gasteiger partial charge in [0.1, 0.15) is 0 Å². The lowest BCUT2D eigenvalue weighted by molar-refractivity contribution is 0.00578. The first-order chi connectivity index (χ1) is 16.0. The van der Waals surface area contributed by atoms with Crippen molar-refractivity contribution in [3.63, 3.8) is 0 Å². The molecule has 0 spiro atoms. The average Bonchev–Trinajstić information content (AvgIpc) is 3.02. The molecule has 2 aromatic rings. The first-order valence-corrected chi connectivity index (χ1v) is 11.8. The van der Waals surface area contributed by atoms with Crippen LogP contribution in [0.15, 0.2) is 42.6 Å². The molecule has 1 N–H and O–H groups in total. The van der Waals surface area contributed by atoms with Gasteiger partial charge in [0.25, 0.3) is 5.91 Å². The monoisotopic (exact) mass is 485 g/mol.